The fourth-order valence-electron chi connectivity index (χ4n) is 3.52. The molecule has 0 saturated heterocycles. The molecule has 1 heterocycles. The molecule has 0 unspecified atom stereocenters. The number of aliphatic imine (C=N–C) groups is 1. The van der Waals surface area contributed by atoms with E-state index in [1.807, 2.05) is 51.1 Å². The summed E-state index contributed by atoms with van der Waals surface area (Å²) in [5, 5.41) is 3.08. The van der Waals surface area contributed by atoms with Gasteiger partial charge in [0.15, 0.2) is 0 Å². The van der Waals surface area contributed by atoms with Crippen LogP contribution >= 0.6 is 0 Å². The number of amidine groups is 1. The van der Waals surface area contributed by atoms with Crippen LogP contribution in [-0.4, -0.2) is 12.0 Å². The van der Waals surface area contributed by atoms with Crippen LogP contribution < -0.4 is 10.1 Å². The number of ether oxygens (including phenoxy) is 1. The van der Waals surface area contributed by atoms with Crippen LogP contribution in [-0.2, 0) is 5.72 Å². The number of rotatable bonds is 3. The summed E-state index contributed by atoms with van der Waals surface area (Å²) in [7, 11) is 0. The Morgan fingerprint density at radius 3 is 2.23 bits per heavy atom. The van der Waals surface area contributed by atoms with Crippen molar-refractivity contribution in [3.05, 3.63) is 95.1 Å². The average molecular weight is 424 g/mol. The molecule has 0 fully saturated rings. The van der Waals surface area contributed by atoms with Crippen molar-refractivity contribution in [2.24, 2.45) is 4.99 Å². The first-order chi connectivity index (χ1) is 14.7. The second kappa shape index (κ2) is 7.76. The summed E-state index contributed by atoms with van der Waals surface area (Å²) in [6, 6.07) is 20.3. The minimum absolute atomic E-state index is 0.0775. The third-order valence-corrected chi connectivity index (χ3v) is 5.32. The van der Waals surface area contributed by atoms with Crippen LogP contribution in [0.5, 0.6) is 5.75 Å². The Balaban J connectivity index is 1.92. The summed E-state index contributed by atoms with van der Waals surface area (Å²) in [6.07, 6.45) is -4.78. The molecule has 0 aromatic heterocycles. The van der Waals surface area contributed by atoms with Crippen molar-refractivity contribution in [3.8, 4) is 5.75 Å². The van der Waals surface area contributed by atoms with Crippen molar-refractivity contribution in [2.45, 2.75) is 38.6 Å². The first-order valence-corrected chi connectivity index (χ1v) is 10.1. The zero-order chi connectivity index (χ0) is 22.2. The van der Waals surface area contributed by atoms with E-state index in [2.05, 4.69) is 10.3 Å². The molecule has 3 nitrogen and oxygen atoms in total. The summed E-state index contributed by atoms with van der Waals surface area (Å²) >= 11 is 0. The van der Waals surface area contributed by atoms with Gasteiger partial charge in [0.05, 0.1) is 5.56 Å². The highest BCUT2D eigenvalue weighted by Gasteiger charge is 2.61. The summed E-state index contributed by atoms with van der Waals surface area (Å²) in [5.41, 5.74) is 0.153. The molecule has 6 heteroatoms. The molecule has 0 spiro atoms. The minimum Gasteiger partial charge on any atom is -0.452 e. The van der Waals surface area contributed by atoms with Gasteiger partial charge < -0.3 is 10.1 Å². The SMILES string of the molecule is Cc1ccc(NC2=N[C@](c3ccccc3)(C(F)(F)F)Oc3cc(C(C)C)ccc32)cc1. The molecular weight excluding hydrogens is 401 g/mol. The number of aryl methyl sites for hydroxylation is 1. The van der Waals surface area contributed by atoms with Crippen molar-refractivity contribution in [1.82, 2.24) is 0 Å². The number of hydrogen-bond acceptors (Lipinski definition) is 3. The van der Waals surface area contributed by atoms with E-state index in [0.717, 1.165) is 11.1 Å². The molecule has 0 radical (unpaired) electrons. The Morgan fingerprint density at radius 2 is 1.61 bits per heavy atom. The van der Waals surface area contributed by atoms with Crippen molar-refractivity contribution in [3.63, 3.8) is 0 Å². The molecule has 1 aliphatic heterocycles. The highest BCUT2D eigenvalue weighted by Crippen LogP contribution is 2.48. The fraction of sp³-hybridized carbons (Fsp3) is 0.240. The number of halogens is 3. The van der Waals surface area contributed by atoms with Gasteiger partial charge in [-0.05, 0) is 42.7 Å². The molecule has 0 bridgehead atoms. The second-order valence-electron chi connectivity index (χ2n) is 7.97. The smallest absolute Gasteiger partial charge is 0.452 e. The molecule has 160 valence electrons. The monoisotopic (exact) mass is 424 g/mol. The van der Waals surface area contributed by atoms with Crippen LogP contribution in [0.2, 0.25) is 0 Å². The number of nitrogens with zero attached hydrogens (tertiary/aromatic N) is 1. The van der Waals surface area contributed by atoms with Gasteiger partial charge in [-0.15, -0.1) is 0 Å². The first kappa shape index (κ1) is 21.0. The number of anilines is 1. The van der Waals surface area contributed by atoms with Gasteiger partial charge in [0.1, 0.15) is 11.6 Å². The maximum absolute atomic E-state index is 14.5. The maximum atomic E-state index is 14.5. The van der Waals surface area contributed by atoms with E-state index in [-0.39, 0.29) is 23.1 Å². The van der Waals surface area contributed by atoms with Gasteiger partial charge in [-0.1, -0.05) is 67.9 Å². The number of fused-ring (bicyclic) bond motifs is 1. The molecule has 4 rings (SSSR count). The Bertz CT molecular complexity index is 1110. The zero-order valence-corrected chi connectivity index (χ0v) is 17.5. The summed E-state index contributed by atoms with van der Waals surface area (Å²) in [6.45, 7) is 5.92. The van der Waals surface area contributed by atoms with Crippen molar-refractivity contribution in [1.29, 1.82) is 0 Å². The van der Waals surface area contributed by atoms with E-state index in [0.29, 0.717) is 11.3 Å². The van der Waals surface area contributed by atoms with Crippen LogP contribution in [0.3, 0.4) is 0 Å². The highest BCUT2D eigenvalue weighted by atomic mass is 19.4. The van der Waals surface area contributed by atoms with Gasteiger partial charge >= 0.3 is 11.9 Å². The van der Waals surface area contributed by atoms with Gasteiger partial charge in [-0.3, -0.25) is 0 Å². The van der Waals surface area contributed by atoms with Crippen molar-refractivity contribution in [2.75, 3.05) is 5.32 Å². The van der Waals surface area contributed by atoms with Gasteiger partial charge in [0, 0.05) is 11.3 Å². The van der Waals surface area contributed by atoms with Crippen LogP contribution in [0.4, 0.5) is 18.9 Å². The lowest BCUT2D eigenvalue weighted by Gasteiger charge is -2.37. The molecule has 0 aliphatic carbocycles. The van der Waals surface area contributed by atoms with Gasteiger partial charge in [0.25, 0.3) is 0 Å². The molecule has 31 heavy (non-hydrogen) atoms. The molecule has 3 aromatic rings. The topological polar surface area (TPSA) is 33.6 Å². The predicted octanol–water partition coefficient (Wildman–Crippen LogP) is 6.78. The molecule has 3 aromatic carbocycles. The van der Waals surface area contributed by atoms with Crippen LogP contribution in [0.1, 0.15) is 42.0 Å². The van der Waals surface area contributed by atoms with Crippen LogP contribution in [0.25, 0.3) is 0 Å². The van der Waals surface area contributed by atoms with E-state index in [9.17, 15) is 13.2 Å². The summed E-state index contributed by atoms with van der Waals surface area (Å²) in [5.74, 6) is 0.400. The van der Waals surface area contributed by atoms with E-state index in [1.165, 1.54) is 12.1 Å². The molecular formula is C25H23F3N2O. The predicted molar refractivity (Wildman–Crippen MR) is 117 cm³/mol. The first-order valence-electron chi connectivity index (χ1n) is 10.1. The Kier molecular flexibility index (Phi) is 5.25. The third-order valence-electron chi connectivity index (χ3n) is 5.32. The lowest BCUT2D eigenvalue weighted by Crippen LogP contribution is -2.49. The third kappa shape index (κ3) is 3.90. The number of alkyl halides is 3. The van der Waals surface area contributed by atoms with E-state index in [1.54, 1.807) is 30.3 Å². The standard InChI is InChI=1S/C25H23F3N2O/c1-16(2)18-11-14-21-22(15-18)31-24(25(26,27)28,19-7-5-4-6-8-19)30-23(21)29-20-12-9-17(3)10-13-20/h4-16H,1-3H3,(H,29,30)/t24-/m0/s1. The largest absolute Gasteiger partial charge is 0.455 e. The highest BCUT2D eigenvalue weighted by molar-refractivity contribution is 6.10. The normalized spacial score (nSPS) is 18.2. The van der Waals surface area contributed by atoms with Crippen LogP contribution in [0.15, 0.2) is 77.8 Å². The van der Waals surface area contributed by atoms with Crippen molar-refractivity contribution < 1.29 is 17.9 Å². The molecule has 0 saturated carbocycles. The number of hydrogen-bond donors (Lipinski definition) is 1. The van der Waals surface area contributed by atoms with Gasteiger partial charge in [-0.2, -0.15) is 13.2 Å². The fourth-order valence-corrected chi connectivity index (χ4v) is 3.52. The molecule has 1 aliphatic rings. The Morgan fingerprint density at radius 1 is 0.935 bits per heavy atom. The average Bonchev–Trinajstić information content (AvgIpc) is 2.74. The molecule has 1 N–H and O–H groups in total. The quantitative estimate of drug-likeness (QED) is 0.502. The van der Waals surface area contributed by atoms with E-state index >= 15 is 0 Å². The summed E-state index contributed by atoms with van der Waals surface area (Å²) < 4.78 is 49.3. The Hall–Kier alpha value is -3.28. The molecule has 1 atom stereocenters. The number of benzene rings is 3. The maximum Gasteiger partial charge on any atom is 0.455 e. The van der Waals surface area contributed by atoms with Crippen LogP contribution in [0, 0.1) is 6.92 Å². The zero-order valence-electron chi connectivity index (χ0n) is 17.5. The lowest BCUT2D eigenvalue weighted by atomic mass is 9.96. The van der Waals surface area contributed by atoms with E-state index in [4.69, 9.17) is 4.74 Å². The second-order valence-corrected chi connectivity index (χ2v) is 7.97. The van der Waals surface area contributed by atoms with E-state index < -0.39 is 11.9 Å². The van der Waals surface area contributed by atoms with Gasteiger partial charge in [0.2, 0.25) is 0 Å². The van der Waals surface area contributed by atoms with Gasteiger partial charge in [-0.25, -0.2) is 4.99 Å². The Labute approximate surface area is 179 Å². The summed E-state index contributed by atoms with van der Waals surface area (Å²) in [4.78, 5) is 4.15. The number of nitrogens with one attached hydrogen (secondary N) is 1. The lowest BCUT2D eigenvalue weighted by molar-refractivity contribution is -0.252. The minimum atomic E-state index is -4.78. The van der Waals surface area contributed by atoms with Crippen molar-refractivity contribution >= 4 is 11.5 Å². The molecule has 0 amide bonds.